The van der Waals surface area contributed by atoms with Gasteiger partial charge in [0.15, 0.2) is 0 Å². The number of benzene rings is 2. The van der Waals surface area contributed by atoms with Gasteiger partial charge in [-0.3, -0.25) is 0 Å². The van der Waals surface area contributed by atoms with E-state index in [-0.39, 0.29) is 0 Å². The zero-order valence-corrected chi connectivity index (χ0v) is 12.6. The molecule has 3 heteroatoms. The maximum Gasteiger partial charge on any atom is 0.119 e. The molecule has 2 rings (SSSR count). The van der Waals surface area contributed by atoms with E-state index in [4.69, 9.17) is 4.74 Å². The molecule has 1 unspecified atom stereocenters. The minimum Gasteiger partial charge on any atom is -0.494 e. The fourth-order valence-corrected chi connectivity index (χ4v) is 2.41. The SMILES string of the molecule is CCOc1cccc(C(O)c2cc(Br)ccc2C)c1. The first kappa shape index (κ1) is 14.1. The molecule has 100 valence electrons. The molecule has 0 heterocycles. The fourth-order valence-electron chi connectivity index (χ4n) is 2.03. The third-order valence-corrected chi connectivity index (χ3v) is 3.51. The zero-order valence-electron chi connectivity index (χ0n) is 11.1. The van der Waals surface area contributed by atoms with Crippen LogP contribution in [0.4, 0.5) is 0 Å². The normalized spacial score (nSPS) is 12.2. The number of aryl methyl sites for hydroxylation is 1. The lowest BCUT2D eigenvalue weighted by molar-refractivity contribution is 0.218. The van der Waals surface area contributed by atoms with Gasteiger partial charge in [-0.25, -0.2) is 0 Å². The van der Waals surface area contributed by atoms with Crippen molar-refractivity contribution in [2.45, 2.75) is 20.0 Å². The monoisotopic (exact) mass is 320 g/mol. The number of ether oxygens (including phenoxy) is 1. The van der Waals surface area contributed by atoms with Gasteiger partial charge in [-0.2, -0.15) is 0 Å². The van der Waals surface area contributed by atoms with Crippen LogP contribution in [0.3, 0.4) is 0 Å². The van der Waals surface area contributed by atoms with Gasteiger partial charge < -0.3 is 9.84 Å². The van der Waals surface area contributed by atoms with Crippen molar-refractivity contribution in [3.8, 4) is 5.75 Å². The van der Waals surface area contributed by atoms with Crippen molar-refractivity contribution < 1.29 is 9.84 Å². The zero-order chi connectivity index (χ0) is 13.8. The molecular weight excluding hydrogens is 304 g/mol. The Labute approximate surface area is 122 Å². The first-order valence-corrected chi connectivity index (χ1v) is 7.08. The molecule has 0 amide bonds. The Kier molecular flexibility index (Phi) is 4.61. The first-order chi connectivity index (χ1) is 9.11. The molecule has 2 aromatic carbocycles. The molecule has 0 saturated carbocycles. The number of aliphatic hydroxyl groups is 1. The Bertz CT molecular complexity index is 566. The first-order valence-electron chi connectivity index (χ1n) is 6.28. The van der Waals surface area contributed by atoms with E-state index in [2.05, 4.69) is 15.9 Å². The van der Waals surface area contributed by atoms with Gasteiger partial charge in [0.05, 0.1) is 6.61 Å². The van der Waals surface area contributed by atoms with Crippen LogP contribution in [0.15, 0.2) is 46.9 Å². The molecule has 2 aromatic rings. The second kappa shape index (κ2) is 6.22. The quantitative estimate of drug-likeness (QED) is 0.913. The highest BCUT2D eigenvalue weighted by Gasteiger charge is 2.14. The lowest BCUT2D eigenvalue weighted by atomic mass is 9.97. The third-order valence-electron chi connectivity index (χ3n) is 3.02. The van der Waals surface area contributed by atoms with Gasteiger partial charge in [0.1, 0.15) is 11.9 Å². The smallest absolute Gasteiger partial charge is 0.119 e. The van der Waals surface area contributed by atoms with Crippen LogP contribution in [0.25, 0.3) is 0 Å². The predicted octanol–water partition coefficient (Wildman–Crippen LogP) is 4.24. The Morgan fingerprint density at radius 3 is 2.74 bits per heavy atom. The van der Waals surface area contributed by atoms with E-state index >= 15 is 0 Å². The van der Waals surface area contributed by atoms with Crippen molar-refractivity contribution in [3.05, 3.63) is 63.6 Å². The maximum atomic E-state index is 10.5. The summed E-state index contributed by atoms with van der Waals surface area (Å²) in [5, 5.41) is 10.5. The van der Waals surface area contributed by atoms with Crippen LogP contribution in [0.1, 0.15) is 29.7 Å². The maximum absolute atomic E-state index is 10.5. The highest BCUT2D eigenvalue weighted by molar-refractivity contribution is 9.10. The van der Waals surface area contributed by atoms with Crippen LogP contribution in [-0.2, 0) is 0 Å². The molecule has 19 heavy (non-hydrogen) atoms. The van der Waals surface area contributed by atoms with Gasteiger partial charge in [-0.15, -0.1) is 0 Å². The molecule has 0 aliphatic heterocycles. The summed E-state index contributed by atoms with van der Waals surface area (Å²) in [7, 11) is 0. The summed E-state index contributed by atoms with van der Waals surface area (Å²) in [5.41, 5.74) is 2.81. The van der Waals surface area contributed by atoms with Crippen molar-refractivity contribution in [2.75, 3.05) is 6.61 Å². The van der Waals surface area contributed by atoms with Crippen LogP contribution >= 0.6 is 15.9 Å². The number of hydrogen-bond acceptors (Lipinski definition) is 2. The van der Waals surface area contributed by atoms with Crippen molar-refractivity contribution in [1.29, 1.82) is 0 Å². The van der Waals surface area contributed by atoms with Gasteiger partial charge in [-0.1, -0.05) is 34.1 Å². The molecule has 1 N–H and O–H groups in total. The molecule has 0 radical (unpaired) electrons. The van der Waals surface area contributed by atoms with E-state index < -0.39 is 6.10 Å². The van der Waals surface area contributed by atoms with Crippen LogP contribution in [0.2, 0.25) is 0 Å². The second-order valence-electron chi connectivity index (χ2n) is 4.41. The van der Waals surface area contributed by atoms with Gasteiger partial charge in [0, 0.05) is 4.47 Å². The molecular formula is C16H17BrO2. The van der Waals surface area contributed by atoms with Crippen molar-refractivity contribution in [2.24, 2.45) is 0 Å². The summed E-state index contributed by atoms with van der Waals surface area (Å²) in [5.74, 6) is 0.784. The fraction of sp³-hybridized carbons (Fsp3) is 0.250. The number of aliphatic hydroxyl groups excluding tert-OH is 1. The lowest BCUT2D eigenvalue weighted by Crippen LogP contribution is -2.03. The van der Waals surface area contributed by atoms with Gasteiger partial charge in [0.2, 0.25) is 0 Å². The van der Waals surface area contributed by atoms with Gasteiger partial charge in [-0.05, 0) is 54.8 Å². The summed E-state index contributed by atoms with van der Waals surface area (Å²) >= 11 is 3.44. The van der Waals surface area contributed by atoms with E-state index in [1.807, 2.05) is 56.3 Å². The summed E-state index contributed by atoms with van der Waals surface area (Å²) < 4.78 is 6.43. The van der Waals surface area contributed by atoms with E-state index in [0.717, 1.165) is 26.9 Å². The lowest BCUT2D eigenvalue weighted by Gasteiger charge is -2.15. The van der Waals surface area contributed by atoms with Crippen LogP contribution in [0, 0.1) is 6.92 Å². The number of hydrogen-bond donors (Lipinski definition) is 1. The van der Waals surface area contributed by atoms with Gasteiger partial charge >= 0.3 is 0 Å². The Morgan fingerprint density at radius 1 is 1.21 bits per heavy atom. The minimum absolute atomic E-state index is 0.620. The summed E-state index contributed by atoms with van der Waals surface area (Å²) in [6.07, 6.45) is -0.641. The Morgan fingerprint density at radius 2 is 2.00 bits per heavy atom. The second-order valence-corrected chi connectivity index (χ2v) is 5.32. The summed E-state index contributed by atoms with van der Waals surface area (Å²) in [6.45, 7) is 4.56. The minimum atomic E-state index is -0.641. The van der Waals surface area contributed by atoms with E-state index in [0.29, 0.717) is 6.61 Å². The average molecular weight is 321 g/mol. The molecule has 0 bridgehead atoms. The third kappa shape index (κ3) is 3.37. The largest absolute Gasteiger partial charge is 0.494 e. The summed E-state index contributed by atoms with van der Waals surface area (Å²) in [6, 6.07) is 13.5. The average Bonchev–Trinajstić information content (AvgIpc) is 2.41. The van der Waals surface area contributed by atoms with Crippen molar-refractivity contribution in [1.82, 2.24) is 0 Å². The standard InChI is InChI=1S/C16H17BrO2/c1-3-19-14-6-4-5-12(9-14)16(18)15-10-13(17)8-7-11(15)2/h4-10,16,18H,3H2,1-2H3. The molecule has 1 atom stereocenters. The molecule has 0 aliphatic rings. The molecule has 0 spiro atoms. The van der Waals surface area contributed by atoms with Gasteiger partial charge in [0.25, 0.3) is 0 Å². The summed E-state index contributed by atoms with van der Waals surface area (Å²) in [4.78, 5) is 0. The van der Waals surface area contributed by atoms with Crippen LogP contribution < -0.4 is 4.74 Å². The topological polar surface area (TPSA) is 29.5 Å². The van der Waals surface area contributed by atoms with Crippen LogP contribution in [-0.4, -0.2) is 11.7 Å². The highest BCUT2D eigenvalue weighted by Crippen LogP contribution is 2.29. The molecule has 0 fully saturated rings. The van der Waals surface area contributed by atoms with Crippen molar-refractivity contribution in [3.63, 3.8) is 0 Å². The Hall–Kier alpha value is -1.32. The number of halogens is 1. The van der Waals surface area contributed by atoms with Crippen LogP contribution in [0.5, 0.6) is 5.75 Å². The Balaban J connectivity index is 2.35. The molecule has 2 nitrogen and oxygen atoms in total. The highest BCUT2D eigenvalue weighted by atomic mass is 79.9. The molecule has 0 saturated heterocycles. The van der Waals surface area contributed by atoms with E-state index in [1.54, 1.807) is 0 Å². The predicted molar refractivity (Wildman–Crippen MR) is 80.6 cm³/mol. The molecule has 0 aliphatic carbocycles. The number of rotatable bonds is 4. The molecule has 0 aromatic heterocycles. The van der Waals surface area contributed by atoms with Crippen molar-refractivity contribution >= 4 is 15.9 Å². The van der Waals surface area contributed by atoms with E-state index in [9.17, 15) is 5.11 Å². The van der Waals surface area contributed by atoms with E-state index in [1.165, 1.54) is 0 Å².